The Hall–Kier alpha value is -2.56. The number of carboxylic acids is 1. The summed E-state index contributed by atoms with van der Waals surface area (Å²) in [6.07, 6.45) is 2.38. The molecule has 142 valence electrons. The lowest BCUT2D eigenvalue weighted by Crippen LogP contribution is -2.40. The van der Waals surface area contributed by atoms with Gasteiger partial charge in [0.15, 0.2) is 0 Å². The monoisotopic (exact) mass is 366 g/mol. The lowest BCUT2D eigenvalue weighted by atomic mass is 9.90. The van der Waals surface area contributed by atoms with Gasteiger partial charge in [0, 0.05) is 31.0 Å². The molecule has 5 nitrogen and oxygen atoms in total. The van der Waals surface area contributed by atoms with Crippen LogP contribution in [0.25, 0.3) is 0 Å². The van der Waals surface area contributed by atoms with Crippen LogP contribution < -0.4 is 0 Å². The molecule has 0 unspecified atom stereocenters. The molecule has 2 aliphatic rings. The fraction of sp³-hybridized carbons (Fsp3) is 0.455. The van der Waals surface area contributed by atoms with Gasteiger partial charge in [-0.2, -0.15) is 0 Å². The van der Waals surface area contributed by atoms with Crippen molar-refractivity contribution in [2.24, 2.45) is 11.3 Å². The summed E-state index contributed by atoms with van der Waals surface area (Å²) in [7, 11) is 0. The Morgan fingerprint density at radius 1 is 1.15 bits per heavy atom. The number of aryl methyl sites for hydroxylation is 1. The minimum absolute atomic E-state index is 0.0488. The lowest BCUT2D eigenvalue weighted by Gasteiger charge is -2.32. The number of piperidine rings is 1. The number of carbonyl (C=O) groups excluding carboxylic acids is 1. The van der Waals surface area contributed by atoms with Gasteiger partial charge in [-0.1, -0.05) is 30.3 Å². The summed E-state index contributed by atoms with van der Waals surface area (Å²) in [6.45, 7) is 6.13. The number of likely N-dealkylation sites (tertiary alicyclic amines) is 1. The molecule has 1 aromatic heterocycles. The van der Waals surface area contributed by atoms with Gasteiger partial charge in [-0.25, -0.2) is 0 Å². The van der Waals surface area contributed by atoms with Crippen molar-refractivity contribution in [1.82, 2.24) is 9.47 Å². The molecule has 2 aromatic rings. The summed E-state index contributed by atoms with van der Waals surface area (Å²) in [4.78, 5) is 26.2. The first-order chi connectivity index (χ1) is 12.9. The predicted octanol–water partition coefficient (Wildman–Crippen LogP) is 3.48. The van der Waals surface area contributed by atoms with Gasteiger partial charge in [0.05, 0.1) is 11.5 Å². The van der Waals surface area contributed by atoms with Crippen LogP contribution in [0.3, 0.4) is 0 Å². The van der Waals surface area contributed by atoms with Crippen molar-refractivity contribution >= 4 is 11.9 Å². The van der Waals surface area contributed by atoms with Crippen LogP contribution in [-0.4, -0.2) is 39.5 Å². The number of amides is 1. The third kappa shape index (κ3) is 3.15. The van der Waals surface area contributed by atoms with E-state index in [4.69, 9.17) is 0 Å². The first-order valence-corrected chi connectivity index (χ1v) is 9.64. The quantitative estimate of drug-likeness (QED) is 0.901. The first kappa shape index (κ1) is 17.8. The summed E-state index contributed by atoms with van der Waals surface area (Å²) in [5, 5.41) is 9.23. The van der Waals surface area contributed by atoms with Crippen LogP contribution in [0.2, 0.25) is 0 Å². The zero-order valence-electron chi connectivity index (χ0n) is 15.9. The average Bonchev–Trinajstić information content (AvgIpc) is 3.30. The Labute approximate surface area is 159 Å². The Morgan fingerprint density at radius 2 is 1.81 bits per heavy atom. The number of aliphatic carboxylic acids is 1. The Morgan fingerprint density at radius 3 is 2.41 bits per heavy atom. The number of hydrogen-bond acceptors (Lipinski definition) is 2. The number of aromatic nitrogens is 1. The fourth-order valence-electron chi connectivity index (χ4n) is 4.60. The van der Waals surface area contributed by atoms with E-state index in [0.717, 1.165) is 42.8 Å². The number of carbonyl (C=O) groups is 2. The van der Waals surface area contributed by atoms with Gasteiger partial charge in [-0.3, -0.25) is 9.59 Å². The molecule has 2 heterocycles. The molecule has 2 fully saturated rings. The van der Waals surface area contributed by atoms with Gasteiger partial charge < -0.3 is 14.6 Å². The molecule has 0 bridgehead atoms. The summed E-state index contributed by atoms with van der Waals surface area (Å²) in [5.41, 5.74) is 4.02. The van der Waals surface area contributed by atoms with Crippen LogP contribution >= 0.6 is 0 Å². The molecule has 5 heteroatoms. The second-order valence-corrected chi connectivity index (χ2v) is 8.11. The number of nitrogens with zero attached hydrogens (tertiary/aromatic N) is 2. The minimum Gasteiger partial charge on any atom is -0.481 e. The number of benzene rings is 1. The molecule has 4 rings (SSSR count). The van der Waals surface area contributed by atoms with Gasteiger partial charge >= 0.3 is 5.97 Å². The van der Waals surface area contributed by atoms with Crippen LogP contribution in [0, 0.1) is 25.2 Å². The largest absolute Gasteiger partial charge is 0.481 e. The van der Waals surface area contributed by atoms with E-state index in [1.165, 1.54) is 5.56 Å². The van der Waals surface area contributed by atoms with Crippen LogP contribution in [0.1, 0.15) is 46.6 Å². The highest BCUT2D eigenvalue weighted by atomic mass is 16.4. The first-order valence-electron chi connectivity index (χ1n) is 9.64. The molecule has 1 amide bonds. The van der Waals surface area contributed by atoms with Crippen LogP contribution in [0.4, 0.5) is 0 Å². The second kappa shape index (κ2) is 6.55. The zero-order chi connectivity index (χ0) is 19.2. The third-order valence-corrected chi connectivity index (χ3v) is 6.52. The van der Waals surface area contributed by atoms with Gasteiger partial charge in [0.25, 0.3) is 5.91 Å². The highest BCUT2D eigenvalue weighted by Crippen LogP contribution is 2.59. The molecule has 27 heavy (non-hydrogen) atoms. The summed E-state index contributed by atoms with van der Waals surface area (Å²) in [6, 6.07) is 12.2. The van der Waals surface area contributed by atoms with E-state index in [1.54, 1.807) is 0 Å². The van der Waals surface area contributed by atoms with Crippen molar-refractivity contribution in [2.75, 3.05) is 13.1 Å². The Kier molecular flexibility index (Phi) is 4.33. The molecular weight excluding hydrogens is 340 g/mol. The van der Waals surface area contributed by atoms with E-state index in [2.05, 4.69) is 16.7 Å². The molecule has 1 spiro atoms. The van der Waals surface area contributed by atoms with Crippen LogP contribution in [0.5, 0.6) is 0 Å². The standard InChI is InChI=1S/C22H26N2O3/c1-15-12-18(16(2)24(15)14-17-6-4-3-5-7-17)20(25)23-10-8-22(9-11-23)13-19(22)21(26)27/h3-7,12,19H,8-11,13-14H2,1-2H3,(H,26,27)/t19-/m0/s1. The molecular formula is C22H26N2O3. The summed E-state index contributed by atoms with van der Waals surface area (Å²) in [5.74, 6) is -0.810. The molecule has 0 radical (unpaired) electrons. The third-order valence-electron chi connectivity index (χ3n) is 6.52. The zero-order valence-corrected chi connectivity index (χ0v) is 15.9. The second-order valence-electron chi connectivity index (χ2n) is 8.11. The highest BCUT2D eigenvalue weighted by molar-refractivity contribution is 5.96. The topological polar surface area (TPSA) is 62.5 Å². The smallest absolute Gasteiger partial charge is 0.307 e. The van der Waals surface area contributed by atoms with Gasteiger partial charge in [0.1, 0.15) is 0 Å². The molecule has 1 aromatic carbocycles. The van der Waals surface area contributed by atoms with Crippen molar-refractivity contribution in [1.29, 1.82) is 0 Å². The highest BCUT2D eigenvalue weighted by Gasteiger charge is 2.59. The maximum atomic E-state index is 13.1. The normalized spacial score (nSPS) is 20.7. The Bertz CT molecular complexity index is 876. The van der Waals surface area contributed by atoms with E-state index in [0.29, 0.717) is 13.1 Å². The van der Waals surface area contributed by atoms with Crippen LogP contribution in [-0.2, 0) is 11.3 Å². The van der Waals surface area contributed by atoms with E-state index >= 15 is 0 Å². The fourth-order valence-corrected chi connectivity index (χ4v) is 4.60. The minimum atomic E-state index is -0.681. The molecule has 1 aliphatic heterocycles. The van der Waals surface area contributed by atoms with E-state index < -0.39 is 5.97 Å². The Balaban J connectivity index is 1.47. The van der Waals surface area contributed by atoms with Gasteiger partial charge in [-0.05, 0) is 50.2 Å². The predicted molar refractivity (Wildman–Crippen MR) is 103 cm³/mol. The molecule has 1 aliphatic carbocycles. The molecule has 1 saturated carbocycles. The van der Waals surface area contributed by atoms with Gasteiger partial charge in [0.2, 0.25) is 0 Å². The molecule has 1 N–H and O–H groups in total. The lowest BCUT2D eigenvalue weighted by molar-refractivity contribution is -0.139. The summed E-state index contributed by atoms with van der Waals surface area (Å²) < 4.78 is 2.19. The van der Waals surface area contributed by atoms with Crippen LogP contribution in [0.15, 0.2) is 36.4 Å². The van der Waals surface area contributed by atoms with Crippen molar-refractivity contribution < 1.29 is 14.7 Å². The number of hydrogen-bond donors (Lipinski definition) is 1. The molecule has 1 saturated heterocycles. The van der Waals surface area contributed by atoms with Crippen molar-refractivity contribution in [3.05, 3.63) is 58.9 Å². The summed E-state index contributed by atoms with van der Waals surface area (Å²) >= 11 is 0. The molecule has 1 atom stereocenters. The maximum absolute atomic E-state index is 13.1. The van der Waals surface area contributed by atoms with E-state index in [-0.39, 0.29) is 17.2 Å². The van der Waals surface area contributed by atoms with Crippen molar-refractivity contribution in [3.8, 4) is 0 Å². The average molecular weight is 366 g/mol. The maximum Gasteiger partial charge on any atom is 0.307 e. The van der Waals surface area contributed by atoms with E-state index in [9.17, 15) is 14.7 Å². The SMILES string of the molecule is Cc1cc(C(=O)N2CCC3(CC2)C[C@H]3C(=O)O)c(C)n1Cc1ccccc1. The van der Waals surface area contributed by atoms with Crippen molar-refractivity contribution in [2.45, 2.75) is 39.7 Å². The van der Waals surface area contributed by atoms with Crippen molar-refractivity contribution in [3.63, 3.8) is 0 Å². The van der Waals surface area contributed by atoms with E-state index in [1.807, 2.05) is 43.0 Å². The number of rotatable bonds is 4. The number of carboxylic acid groups (broad SMARTS) is 1. The van der Waals surface area contributed by atoms with Gasteiger partial charge in [-0.15, -0.1) is 0 Å².